The zero-order chi connectivity index (χ0) is 18.7. The molecule has 2 rings (SSSR count). The van der Waals surface area contributed by atoms with Crippen LogP contribution in [0.25, 0.3) is 0 Å². The molecule has 1 atom stereocenters. The Morgan fingerprint density at radius 1 is 1.24 bits per heavy atom. The number of sulfonamides is 2. The first-order valence-electron chi connectivity index (χ1n) is 8.01. The molecule has 3 N–H and O–H groups in total. The lowest BCUT2D eigenvalue weighted by Gasteiger charge is -2.30. The molecule has 1 aliphatic rings. The highest BCUT2D eigenvalue weighted by Crippen LogP contribution is 2.20. The molecule has 10 heteroatoms. The number of nitrogens with two attached hydrogens (primary N) is 1. The van der Waals surface area contributed by atoms with Crippen LogP contribution in [0.4, 0.5) is 0 Å². The van der Waals surface area contributed by atoms with E-state index in [0.717, 1.165) is 5.56 Å². The Morgan fingerprint density at radius 2 is 1.88 bits per heavy atom. The van der Waals surface area contributed by atoms with E-state index < -0.39 is 20.0 Å². The number of nitrogens with zero attached hydrogens (tertiary/aromatic N) is 1. The van der Waals surface area contributed by atoms with Gasteiger partial charge in [-0.2, -0.15) is 0 Å². The molecule has 1 aliphatic heterocycles. The zero-order valence-corrected chi connectivity index (χ0v) is 15.6. The third-order valence-electron chi connectivity index (χ3n) is 4.23. The summed E-state index contributed by atoms with van der Waals surface area (Å²) in [7, 11) is -7.03. The van der Waals surface area contributed by atoms with Crippen LogP contribution in [0.15, 0.2) is 29.2 Å². The molecule has 140 valence electrons. The molecular formula is C15H23N3O5S2. The lowest BCUT2D eigenvalue weighted by Crippen LogP contribution is -2.45. The van der Waals surface area contributed by atoms with Gasteiger partial charge in [0, 0.05) is 19.6 Å². The lowest BCUT2D eigenvalue weighted by molar-refractivity contribution is -0.126. The van der Waals surface area contributed by atoms with Crippen molar-refractivity contribution in [2.75, 3.05) is 18.8 Å². The Bertz CT molecular complexity index is 819. The van der Waals surface area contributed by atoms with Gasteiger partial charge in [0.1, 0.15) is 0 Å². The highest BCUT2D eigenvalue weighted by Gasteiger charge is 2.31. The monoisotopic (exact) mass is 389 g/mol. The fourth-order valence-electron chi connectivity index (χ4n) is 2.72. The van der Waals surface area contributed by atoms with Crippen molar-refractivity contribution in [3.8, 4) is 0 Å². The average Bonchev–Trinajstić information content (AvgIpc) is 2.59. The van der Waals surface area contributed by atoms with Crippen LogP contribution in [-0.2, 0) is 31.4 Å². The normalized spacial score (nSPS) is 19.5. The molecule has 1 saturated heterocycles. The summed E-state index contributed by atoms with van der Waals surface area (Å²) in [5, 5.41) is 7.81. The number of primary sulfonamides is 1. The summed E-state index contributed by atoms with van der Waals surface area (Å²) in [5.41, 5.74) is 0.731. The van der Waals surface area contributed by atoms with Crippen molar-refractivity contribution in [1.29, 1.82) is 0 Å². The number of nitrogens with one attached hydrogen (secondary N) is 1. The van der Waals surface area contributed by atoms with E-state index in [2.05, 4.69) is 5.32 Å². The van der Waals surface area contributed by atoms with Gasteiger partial charge in [-0.25, -0.2) is 26.3 Å². The maximum Gasteiger partial charge on any atom is 0.238 e. The van der Waals surface area contributed by atoms with Crippen molar-refractivity contribution >= 4 is 26.0 Å². The average molecular weight is 389 g/mol. The topological polar surface area (TPSA) is 127 Å². The van der Waals surface area contributed by atoms with Gasteiger partial charge in [-0.3, -0.25) is 4.79 Å². The molecule has 0 saturated carbocycles. The summed E-state index contributed by atoms with van der Waals surface area (Å²) in [6, 6.07) is 5.92. The molecule has 0 aliphatic carbocycles. The minimum absolute atomic E-state index is 0.00951. The molecule has 1 amide bonds. The highest BCUT2D eigenvalue weighted by atomic mass is 32.2. The van der Waals surface area contributed by atoms with Crippen LogP contribution in [0.1, 0.15) is 25.3 Å². The van der Waals surface area contributed by atoms with Gasteiger partial charge in [0.15, 0.2) is 0 Å². The van der Waals surface area contributed by atoms with Crippen LogP contribution in [0, 0.1) is 5.92 Å². The van der Waals surface area contributed by atoms with Crippen molar-refractivity contribution < 1.29 is 21.6 Å². The maximum absolute atomic E-state index is 12.3. The molecule has 0 spiro atoms. The van der Waals surface area contributed by atoms with E-state index in [-0.39, 0.29) is 35.6 Å². The SMILES string of the molecule is CCS(=O)(=O)N1CCC[C@H](C(=O)NCc2ccc(S(N)(=O)=O)cc2)C1. The van der Waals surface area contributed by atoms with E-state index in [1.54, 1.807) is 19.1 Å². The van der Waals surface area contributed by atoms with Crippen molar-refractivity contribution in [2.24, 2.45) is 11.1 Å². The van der Waals surface area contributed by atoms with E-state index >= 15 is 0 Å². The smallest absolute Gasteiger partial charge is 0.238 e. The number of amides is 1. The predicted molar refractivity (Wildman–Crippen MR) is 93.4 cm³/mol. The highest BCUT2D eigenvalue weighted by molar-refractivity contribution is 7.89. The molecule has 0 aromatic heterocycles. The van der Waals surface area contributed by atoms with Crippen molar-refractivity contribution in [2.45, 2.75) is 31.2 Å². The van der Waals surface area contributed by atoms with Crippen molar-refractivity contribution in [3.05, 3.63) is 29.8 Å². The van der Waals surface area contributed by atoms with E-state index in [9.17, 15) is 21.6 Å². The zero-order valence-electron chi connectivity index (χ0n) is 14.0. The van der Waals surface area contributed by atoms with Gasteiger partial charge < -0.3 is 5.32 Å². The van der Waals surface area contributed by atoms with Crippen LogP contribution >= 0.6 is 0 Å². The van der Waals surface area contributed by atoms with Crippen LogP contribution in [0.3, 0.4) is 0 Å². The van der Waals surface area contributed by atoms with Crippen LogP contribution in [-0.4, -0.2) is 45.9 Å². The van der Waals surface area contributed by atoms with Crippen LogP contribution in [0.5, 0.6) is 0 Å². The number of piperidine rings is 1. The predicted octanol–water partition coefficient (Wildman–Crippen LogP) is 0.0119. The van der Waals surface area contributed by atoms with Gasteiger partial charge in [-0.1, -0.05) is 12.1 Å². The second-order valence-electron chi connectivity index (χ2n) is 6.00. The van der Waals surface area contributed by atoms with Crippen LogP contribution < -0.4 is 10.5 Å². The standard InChI is InChI=1S/C15H23N3O5S2/c1-2-24(20,21)18-9-3-4-13(11-18)15(19)17-10-12-5-7-14(8-6-12)25(16,22)23/h5-8,13H,2-4,9-11H2,1H3,(H,17,19)(H2,16,22,23)/t13-/m0/s1. The van der Waals surface area contributed by atoms with E-state index in [1.807, 2.05) is 0 Å². The van der Waals surface area contributed by atoms with Crippen molar-refractivity contribution in [1.82, 2.24) is 9.62 Å². The van der Waals surface area contributed by atoms with Gasteiger partial charge in [-0.15, -0.1) is 0 Å². The summed E-state index contributed by atoms with van der Waals surface area (Å²) in [6.07, 6.45) is 1.30. The van der Waals surface area contributed by atoms with Gasteiger partial charge in [0.2, 0.25) is 26.0 Å². The molecule has 0 radical (unpaired) electrons. The Labute approximate surface area is 148 Å². The first-order chi connectivity index (χ1) is 11.6. The fourth-order valence-corrected chi connectivity index (χ4v) is 4.42. The number of hydrogen-bond acceptors (Lipinski definition) is 5. The molecule has 25 heavy (non-hydrogen) atoms. The third kappa shape index (κ3) is 5.24. The Morgan fingerprint density at radius 3 is 2.44 bits per heavy atom. The molecule has 1 aromatic carbocycles. The third-order valence-corrected chi connectivity index (χ3v) is 7.01. The largest absolute Gasteiger partial charge is 0.352 e. The fraction of sp³-hybridized carbons (Fsp3) is 0.533. The molecule has 1 fully saturated rings. The minimum atomic E-state index is -3.74. The first kappa shape index (κ1) is 19.8. The van der Waals surface area contributed by atoms with Gasteiger partial charge >= 0.3 is 0 Å². The summed E-state index contributed by atoms with van der Waals surface area (Å²) < 4.78 is 47.7. The van der Waals surface area contributed by atoms with Crippen LogP contribution in [0.2, 0.25) is 0 Å². The van der Waals surface area contributed by atoms with E-state index in [4.69, 9.17) is 5.14 Å². The summed E-state index contributed by atoms with van der Waals surface area (Å²) in [6.45, 7) is 2.48. The molecule has 1 heterocycles. The number of carbonyl (C=O) groups is 1. The van der Waals surface area contributed by atoms with Crippen molar-refractivity contribution in [3.63, 3.8) is 0 Å². The van der Waals surface area contributed by atoms with Gasteiger partial charge in [-0.05, 0) is 37.5 Å². The molecule has 0 unspecified atom stereocenters. The number of carbonyl (C=O) groups excluding carboxylic acids is 1. The van der Waals surface area contributed by atoms with Gasteiger partial charge in [0.05, 0.1) is 16.6 Å². The molecule has 1 aromatic rings. The number of rotatable bonds is 6. The Kier molecular flexibility index (Phi) is 6.20. The Balaban J connectivity index is 1.94. The second-order valence-corrected chi connectivity index (χ2v) is 9.82. The number of benzene rings is 1. The first-order valence-corrected chi connectivity index (χ1v) is 11.2. The lowest BCUT2D eigenvalue weighted by atomic mass is 9.99. The maximum atomic E-state index is 12.3. The number of hydrogen-bond donors (Lipinski definition) is 2. The van der Waals surface area contributed by atoms with E-state index in [0.29, 0.717) is 19.4 Å². The molecule has 8 nitrogen and oxygen atoms in total. The second kappa shape index (κ2) is 7.81. The van der Waals surface area contributed by atoms with E-state index in [1.165, 1.54) is 16.4 Å². The molecular weight excluding hydrogens is 366 g/mol. The minimum Gasteiger partial charge on any atom is -0.352 e. The summed E-state index contributed by atoms with van der Waals surface area (Å²) in [5.74, 6) is -0.553. The Hall–Kier alpha value is -1.49. The summed E-state index contributed by atoms with van der Waals surface area (Å²) in [4.78, 5) is 12.3. The van der Waals surface area contributed by atoms with Gasteiger partial charge in [0.25, 0.3) is 0 Å². The molecule has 0 bridgehead atoms. The quantitative estimate of drug-likeness (QED) is 0.709. The summed E-state index contributed by atoms with van der Waals surface area (Å²) >= 11 is 0.